The van der Waals surface area contributed by atoms with E-state index in [0.29, 0.717) is 12.6 Å². The summed E-state index contributed by atoms with van der Waals surface area (Å²) in [5.41, 5.74) is 1.86. The van der Waals surface area contributed by atoms with Gasteiger partial charge in [-0.1, -0.05) is 6.07 Å². The first-order valence-electron chi connectivity index (χ1n) is 8.81. The van der Waals surface area contributed by atoms with Crippen molar-refractivity contribution in [3.8, 4) is 0 Å². The van der Waals surface area contributed by atoms with Crippen LogP contribution in [0.3, 0.4) is 0 Å². The lowest BCUT2D eigenvalue weighted by Gasteiger charge is -2.26. The van der Waals surface area contributed by atoms with Gasteiger partial charge in [0.15, 0.2) is 5.65 Å². The van der Waals surface area contributed by atoms with Gasteiger partial charge in [0.2, 0.25) is 0 Å². The van der Waals surface area contributed by atoms with Crippen LogP contribution in [0, 0.1) is 0 Å². The molecule has 1 aliphatic rings. The van der Waals surface area contributed by atoms with Gasteiger partial charge in [0.1, 0.15) is 11.6 Å². The Bertz CT molecular complexity index is 876. The van der Waals surface area contributed by atoms with Crippen molar-refractivity contribution in [1.82, 2.24) is 19.6 Å². The maximum Gasteiger partial charge on any atom is 0.173 e. The Morgan fingerprint density at radius 2 is 2.08 bits per heavy atom. The van der Waals surface area contributed by atoms with Crippen LogP contribution in [0.2, 0.25) is 0 Å². The summed E-state index contributed by atoms with van der Waals surface area (Å²) in [6.07, 6.45) is 8.77. The molecule has 3 N–H and O–H groups in total. The number of hydrogen-bond acceptors (Lipinski definition) is 6. The normalized spacial score (nSPS) is 20.2. The zero-order valence-corrected chi connectivity index (χ0v) is 15.9. The lowest BCUT2D eigenvalue weighted by molar-refractivity contribution is 0.126. The smallest absolute Gasteiger partial charge is 0.173 e. The molecule has 3 aromatic heterocycles. The number of pyridine rings is 1. The molecule has 7 nitrogen and oxygen atoms in total. The average Bonchev–Trinajstić information content (AvgIpc) is 3.04. The fraction of sp³-hybridized carbons (Fsp3) is 0.389. The lowest BCUT2D eigenvalue weighted by atomic mass is 9.93. The number of anilines is 2. The summed E-state index contributed by atoms with van der Waals surface area (Å²) in [4.78, 5) is 8.84. The molecular formula is C18H21BrN6O. The molecule has 0 radical (unpaired) electrons. The Labute approximate surface area is 160 Å². The lowest BCUT2D eigenvalue weighted by Crippen LogP contribution is -2.28. The monoisotopic (exact) mass is 416 g/mol. The Kier molecular flexibility index (Phi) is 5.03. The van der Waals surface area contributed by atoms with Crippen molar-refractivity contribution >= 4 is 33.2 Å². The quantitative estimate of drug-likeness (QED) is 0.591. The van der Waals surface area contributed by atoms with E-state index in [2.05, 4.69) is 36.6 Å². The molecule has 3 heterocycles. The minimum atomic E-state index is -0.163. The summed E-state index contributed by atoms with van der Waals surface area (Å²) in [5, 5.41) is 21.0. The number of rotatable bonds is 5. The van der Waals surface area contributed by atoms with Crippen LogP contribution in [0.1, 0.15) is 31.2 Å². The topological polar surface area (TPSA) is 87.4 Å². The predicted molar refractivity (Wildman–Crippen MR) is 104 cm³/mol. The van der Waals surface area contributed by atoms with Crippen molar-refractivity contribution in [2.24, 2.45) is 0 Å². The van der Waals surface area contributed by atoms with Gasteiger partial charge < -0.3 is 15.7 Å². The number of nitrogens with zero attached hydrogens (tertiary/aromatic N) is 4. The van der Waals surface area contributed by atoms with Crippen LogP contribution in [0.25, 0.3) is 5.65 Å². The van der Waals surface area contributed by atoms with E-state index < -0.39 is 0 Å². The Balaban J connectivity index is 1.57. The Morgan fingerprint density at radius 1 is 1.23 bits per heavy atom. The van der Waals surface area contributed by atoms with Crippen LogP contribution >= 0.6 is 15.9 Å². The second-order valence-corrected chi connectivity index (χ2v) is 7.47. The van der Waals surface area contributed by atoms with Crippen LogP contribution < -0.4 is 10.6 Å². The number of aliphatic hydroxyl groups excluding tert-OH is 1. The van der Waals surface area contributed by atoms with Crippen molar-refractivity contribution < 1.29 is 5.11 Å². The summed E-state index contributed by atoms with van der Waals surface area (Å²) in [6, 6.07) is 6.27. The molecule has 0 saturated heterocycles. The highest BCUT2D eigenvalue weighted by Crippen LogP contribution is 2.26. The molecule has 0 spiro atoms. The number of hydrogen-bond donors (Lipinski definition) is 3. The van der Waals surface area contributed by atoms with E-state index >= 15 is 0 Å². The van der Waals surface area contributed by atoms with E-state index in [-0.39, 0.29) is 6.10 Å². The van der Waals surface area contributed by atoms with E-state index in [9.17, 15) is 5.11 Å². The highest BCUT2D eigenvalue weighted by Gasteiger charge is 2.20. The fourth-order valence-electron chi connectivity index (χ4n) is 3.26. The first-order valence-corrected chi connectivity index (χ1v) is 9.60. The number of fused-ring (bicyclic) bond motifs is 1. The summed E-state index contributed by atoms with van der Waals surface area (Å²) >= 11 is 3.52. The first-order chi connectivity index (χ1) is 12.7. The molecule has 3 aromatic rings. The zero-order chi connectivity index (χ0) is 17.9. The van der Waals surface area contributed by atoms with Crippen LogP contribution in [0.4, 0.5) is 11.6 Å². The van der Waals surface area contributed by atoms with Gasteiger partial charge in [-0.15, -0.1) is 0 Å². The van der Waals surface area contributed by atoms with E-state index in [0.717, 1.165) is 53.0 Å². The molecule has 136 valence electrons. The molecule has 0 unspecified atom stereocenters. The summed E-state index contributed by atoms with van der Waals surface area (Å²) < 4.78 is 2.64. The highest BCUT2D eigenvalue weighted by molar-refractivity contribution is 9.10. The molecule has 1 aliphatic carbocycles. The zero-order valence-electron chi connectivity index (χ0n) is 14.3. The van der Waals surface area contributed by atoms with Gasteiger partial charge >= 0.3 is 0 Å². The minimum Gasteiger partial charge on any atom is -0.393 e. The largest absolute Gasteiger partial charge is 0.393 e. The third-order valence-electron chi connectivity index (χ3n) is 4.67. The van der Waals surface area contributed by atoms with Crippen LogP contribution in [-0.2, 0) is 6.54 Å². The molecule has 26 heavy (non-hydrogen) atoms. The Morgan fingerprint density at radius 3 is 2.85 bits per heavy atom. The number of aliphatic hydroxyl groups is 1. The van der Waals surface area contributed by atoms with Gasteiger partial charge in [-0.25, -0.2) is 4.98 Å². The molecule has 0 amide bonds. The van der Waals surface area contributed by atoms with Crippen LogP contribution in [-0.4, -0.2) is 36.8 Å². The second kappa shape index (κ2) is 7.59. The van der Waals surface area contributed by atoms with Gasteiger partial charge in [0.05, 0.1) is 16.8 Å². The van der Waals surface area contributed by atoms with Gasteiger partial charge in [-0.3, -0.25) is 4.98 Å². The fourth-order valence-corrected chi connectivity index (χ4v) is 3.61. The maximum atomic E-state index is 9.69. The van der Waals surface area contributed by atoms with Crippen molar-refractivity contribution in [2.75, 3.05) is 10.6 Å². The first kappa shape index (κ1) is 17.2. The minimum absolute atomic E-state index is 0.163. The third kappa shape index (κ3) is 3.81. The van der Waals surface area contributed by atoms with Gasteiger partial charge in [0.25, 0.3) is 0 Å². The van der Waals surface area contributed by atoms with Crippen molar-refractivity contribution in [3.05, 3.63) is 46.8 Å². The third-order valence-corrected chi connectivity index (χ3v) is 5.23. The summed E-state index contributed by atoms with van der Waals surface area (Å²) in [7, 11) is 0. The molecule has 0 atom stereocenters. The van der Waals surface area contributed by atoms with E-state index in [1.807, 2.05) is 24.4 Å². The maximum absolute atomic E-state index is 9.69. The molecular weight excluding hydrogens is 396 g/mol. The predicted octanol–water partition coefficient (Wildman–Crippen LogP) is 3.21. The molecule has 8 heteroatoms. The van der Waals surface area contributed by atoms with E-state index in [4.69, 9.17) is 4.98 Å². The van der Waals surface area contributed by atoms with Crippen LogP contribution in [0.5, 0.6) is 0 Å². The molecule has 0 aliphatic heterocycles. The Hall–Kier alpha value is -2.19. The van der Waals surface area contributed by atoms with Crippen molar-refractivity contribution in [1.29, 1.82) is 0 Å². The highest BCUT2D eigenvalue weighted by atomic mass is 79.9. The van der Waals surface area contributed by atoms with Gasteiger partial charge in [-0.05, 0) is 53.2 Å². The number of aromatic nitrogens is 4. The van der Waals surface area contributed by atoms with Crippen molar-refractivity contribution in [2.45, 2.75) is 44.4 Å². The molecule has 0 aromatic carbocycles. The number of halogens is 1. The van der Waals surface area contributed by atoms with Gasteiger partial charge in [0, 0.05) is 31.0 Å². The molecule has 1 fully saturated rings. The van der Waals surface area contributed by atoms with Gasteiger partial charge in [-0.2, -0.15) is 9.61 Å². The van der Waals surface area contributed by atoms with Crippen LogP contribution in [0.15, 0.2) is 41.3 Å². The molecule has 0 bridgehead atoms. The van der Waals surface area contributed by atoms with E-state index in [1.165, 1.54) is 0 Å². The summed E-state index contributed by atoms with van der Waals surface area (Å²) in [5.74, 6) is 1.68. The van der Waals surface area contributed by atoms with E-state index in [1.54, 1.807) is 16.9 Å². The standard InChI is InChI=1S/C18H21BrN6O/c19-15-11-22-25-17(21-10-12-2-1-7-20-9-12)8-16(24-18(15)25)23-13-3-5-14(26)6-4-13/h1-2,7-9,11,13-14,21,26H,3-6,10H2,(H,23,24). The second-order valence-electron chi connectivity index (χ2n) is 6.62. The summed E-state index contributed by atoms with van der Waals surface area (Å²) in [6.45, 7) is 0.652. The SMILES string of the molecule is OC1CCC(Nc2cc(NCc3cccnc3)n3ncc(Br)c3n2)CC1. The molecule has 4 rings (SSSR count). The average molecular weight is 417 g/mol. The molecule has 1 saturated carbocycles. The number of nitrogens with one attached hydrogen (secondary N) is 2. The van der Waals surface area contributed by atoms with Crippen molar-refractivity contribution in [3.63, 3.8) is 0 Å².